The summed E-state index contributed by atoms with van der Waals surface area (Å²) >= 11 is 0. The number of aromatic nitrogens is 1. The molecule has 0 spiro atoms. The van der Waals surface area contributed by atoms with Crippen LogP contribution in [-0.4, -0.2) is 29.4 Å². The highest BCUT2D eigenvalue weighted by Crippen LogP contribution is 2.21. The van der Waals surface area contributed by atoms with Crippen LogP contribution < -0.4 is 5.32 Å². The number of carbonyl (C=O) groups excluding carboxylic acids is 2. The zero-order chi connectivity index (χ0) is 14.5. The molecule has 0 aliphatic heterocycles. The maximum atomic E-state index is 11.8. The van der Waals surface area contributed by atoms with E-state index < -0.39 is 5.54 Å². The maximum Gasteiger partial charge on any atom is 0.331 e. The Morgan fingerprint density at radius 2 is 2.11 bits per heavy atom. The number of Topliss-reactive ketones (excluding diaryl/α,β-unsaturated/α-hetero) is 1. The Balaban J connectivity index is 2.90. The van der Waals surface area contributed by atoms with E-state index in [0.717, 1.165) is 6.42 Å². The van der Waals surface area contributed by atoms with Gasteiger partial charge in [0.15, 0.2) is 5.78 Å². The number of rotatable bonds is 6. The minimum atomic E-state index is -0.789. The summed E-state index contributed by atoms with van der Waals surface area (Å²) in [6.45, 7) is 5.26. The van der Waals surface area contributed by atoms with Gasteiger partial charge in [-0.05, 0) is 25.5 Å². The van der Waals surface area contributed by atoms with Gasteiger partial charge in [0.25, 0.3) is 0 Å². The predicted molar refractivity (Wildman–Crippen MR) is 73.2 cm³/mol. The van der Waals surface area contributed by atoms with E-state index >= 15 is 0 Å². The molecular formula is C14H20N2O3. The lowest BCUT2D eigenvalue weighted by Gasteiger charge is -2.28. The van der Waals surface area contributed by atoms with Crippen molar-refractivity contribution in [2.75, 3.05) is 12.4 Å². The Morgan fingerprint density at radius 1 is 1.42 bits per heavy atom. The lowest BCUT2D eigenvalue weighted by atomic mass is 9.96. The fraction of sp³-hybridized carbons (Fsp3) is 0.500. The summed E-state index contributed by atoms with van der Waals surface area (Å²) < 4.78 is 4.83. The Bertz CT molecular complexity index is 456. The van der Waals surface area contributed by atoms with Crippen LogP contribution in [0.25, 0.3) is 0 Å². The molecule has 1 aromatic heterocycles. The topological polar surface area (TPSA) is 68.3 Å². The third-order valence-corrected chi connectivity index (χ3v) is 2.93. The second kappa shape index (κ2) is 6.31. The number of anilines is 1. The Kier molecular flexibility index (Phi) is 5.03. The zero-order valence-electron chi connectivity index (χ0n) is 11.8. The lowest BCUT2D eigenvalue weighted by Crippen LogP contribution is -2.44. The second-order valence-corrected chi connectivity index (χ2v) is 4.69. The monoisotopic (exact) mass is 264 g/mol. The number of hydrogen-bond donors (Lipinski definition) is 1. The molecule has 1 rings (SSSR count). The largest absolute Gasteiger partial charge is 0.467 e. The number of nitrogens with one attached hydrogen (secondary N) is 1. The van der Waals surface area contributed by atoms with Gasteiger partial charge in [-0.1, -0.05) is 13.3 Å². The number of esters is 1. The van der Waals surface area contributed by atoms with Crippen molar-refractivity contribution in [3.63, 3.8) is 0 Å². The van der Waals surface area contributed by atoms with Crippen LogP contribution in [0.1, 0.15) is 44.1 Å². The smallest absolute Gasteiger partial charge is 0.331 e. The molecule has 1 unspecified atom stereocenters. The Morgan fingerprint density at radius 3 is 2.53 bits per heavy atom. The van der Waals surface area contributed by atoms with Crippen molar-refractivity contribution >= 4 is 17.4 Å². The fourth-order valence-corrected chi connectivity index (χ4v) is 1.94. The van der Waals surface area contributed by atoms with Gasteiger partial charge in [-0.2, -0.15) is 0 Å². The van der Waals surface area contributed by atoms with E-state index in [4.69, 9.17) is 4.74 Å². The summed E-state index contributed by atoms with van der Waals surface area (Å²) in [5.74, 6) is -0.402. The first-order valence-electron chi connectivity index (χ1n) is 6.26. The van der Waals surface area contributed by atoms with Crippen molar-refractivity contribution in [2.45, 2.75) is 39.2 Å². The van der Waals surface area contributed by atoms with Gasteiger partial charge in [-0.3, -0.25) is 9.78 Å². The number of nitrogens with zero attached hydrogens (tertiary/aromatic N) is 1. The third kappa shape index (κ3) is 3.77. The number of pyridine rings is 1. The molecular weight excluding hydrogens is 244 g/mol. The zero-order valence-corrected chi connectivity index (χ0v) is 11.8. The third-order valence-electron chi connectivity index (χ3n) is 2.93. The SMILES string of the molecule is CCCC(C)(Nc1ccc(C(C)=O)nc1)C(=O)OC. The molecule has 0 radical (unpaired) electrons. The molecule has 1 heterocycles. The van der Waals surface area contributed by atoms with Crippen LogP contribution in [0.4, 0.5) is 5.69 Å². The average molecular weight is 264 g/mol. The van der Waals surface area contributed by atoms with Crippen molar-refractivity contribution in [1.29, 1.82) is 0 Å². The summed E-state index contributed by atoms with van der Waals surface area (Å²) in [5, 5.41) is 3.12. The van der Waals surface area contributed by atoms with Gasteiger partial charge in [-0.15, -0.1) is 0 Å². The van der Waals surface area contributed by atoms with Gasteiger partial charge < -0.3 is 10.1 Å². The lowest BCUT2D eigenvalue weighted by molar-refractivity contribution is -0.145. The highest BCUT2D eigenvalue weighted by atomic mass is 16.5. The summed E-state index contributed by atoms with van der Waals surface area (Å²) in [5.41, 5.74) is 0.301. The Hall–Kier alpha value is -1.91. The standard InChI is InChI=1S/C14H20N2O3/c1-5-8-14(3,13(18)19-4)16-11-6-7-12(10(2)17)15-9-11/h6-7,9,16H,5,8H2,1-4H3. The molecule has 104 valence electrons. The molecule has 0 fully saturated rings. The molecule has 19 heavy (non-hydrogen) atoms. The molecule has 0 aromatic carbocycles. The van der Waals surface area contributed by atoms with Gasteiger partial charge in [0.05, 0.1) is 19.0 Å². The van der Waals surface area contributed by atoms with Crippen molar-refractivity contribution in [2.24, 2.45) is 0 Å². The maximum absolute atomic E-state index is 11.8. The highest BCUT2D eigenvalue weighted by molar-refractivity contribution is 5.92. The van der Waals surface area contributed by atoms with Crippen molar-refractivity contribution in [3.8, 4) is 0 Å². The molecule has 0 bridgehead atoms. The summed E-state index contributed by atoms with van der Waals surface area (Å²) in [6, 6.07) is 3.37. The molecule has 5 heteroatoms. The molecule has 0 aliphatic carbocycles. The number of ketones is 1. The molecule has 1 atom stereocenters. The Labute approximate surface area is 113 Å². The first-order valence-corrected chi connectivity index (χ1v) is 6.26. The van der Waals surface area contributed by atoms with Gasteiger partial charge in [0.1, 0.15) is 11.2 Å². The van der Waals surface area contributed by atoms with Crippen molar-refractivity contribution in [1.82, 2.24) is 4.98 Å². The summed E-state index contributed by atoms with van der Waals surface area (Å²) in [4.78, 5) is 27.0. The second-order valence-electron chi connectivity index (χ2n) is 4.69. The minimum Gasteiger partial charge on any atom is -0.467 e. The van der Waals surface area contributed by atoms with Crippen LogP contribution in [0.15, 0.2) is 18.3 Å². The van der Waals surface area contributed by atoms with E-state index in [1.807, 2.05) is 6.92 Å². The van der Waals surface area contributed by atoms with E-state index in [1.165, 1.54) is 14.0 Å². The van der Waals surface area contributed by atoms with E-state index in [0.29, 0.717) is 17.8 Å². The molecule has 0 saturated heterocycles. The molecule has 5 nitrogen and oxygen atoms in total. The van der Waals surface area contributed by atoms with Crippen LogP contribution in [-0.2, 0) is 9.53 Å². The van der Waals surface area contributed by atoms with Crippen molar-refractivity contribution in [3.05, 3.63) is 24.0 Å². The number of ether oxygens (including phenoxy) is 1. The molecule has 0 amide bonds. The van der Waals surface area contributed by atoms with Crippen LogP contribution in [0.2, 0.25) is 0 Å². The van der Waals surface area contributed by atoms with Gasteiger partial charge in [0, 0.05) is 6.92 Å². The fourth-order valence-electron chi connectivity index (χ4n) is 1.94. The predicted octanol–water partition coefficient (Wildman–Crippen LogP) is 2.43. The first-order chi connectivity index (χ1) is 8.92. The van der Waals surface area contributed by atoms with Gasteiger partial charge in [0.2, 0.25) is 0 Å². The molecule has 1 N–H and O–H groups in total. The molecule has 0 aliphatic rings. The van der Waals surface area contributed by atoms with E-state index in [9.17, 15) is 9.59 Å². The highest BCUT2D eigenvalue weighted by Gasteiger charge is 2.33. The van der Waals surface area contributed by atoms with Gasteiger partial charge in [-0.25, -0.2) is 4.79 Å². The van der Waals surface area contributed by atoms with Gasteiger partial charge >= 0.3 is 5.97 Å². The molecule has 0 saturated carbocycles. The number of hydrogen-bond acceptors (Lipinski definition) is 5. The average Bonchev–Trinajstić information content (AvgIpc) is 2.38. The summed E-state index contributed by atoms with van der Waals surface area (Å²) in [6.07, 6.45) is 3.04. The van der Waals surface area contributed by atoms with Crippen LogP contribution >= 0.6 is 0 Å². The number of methoxy groups -OCH3 is 1. The van der Waals surface area contributed by atoms with E-state index in [2.05, 4.69) is 10.3 Å². The van der Waals surface area contributed by atoms with Crippen LogP contribution in [0, 0.1) is 0 Å². The quantitative estimate of drug-likeness (QED) is 0.631. The van der Waals surface area contributed by atoms with Crippen LogP contribution in [0.3, 0.4) is 0 Å². The van der Waals surface area contributed by atoms with Crippen molar-refractivity contribution < 1.29 is 14.3 Å². The number of carbonyl (C=O) groups is 2. The van der Waals surface area contributed by atoms with E-state index in [-0.39, 0.29) is 11.8 Å². The van der Waals surface area contributed by atoms with Crippen LogP contribution in [0.5, 0.6) is 0 Å². The summed E-state index contributed by atoms with van der Waals surface area (Å²) in [7, 11) is 1.37. The normalized spacial score (nSPS) is 13.5. The molecule has 1 aromatic rings. The first kappa shape index (κ1) is 15.1. The minimum absolute atomic E-state index is 0.0872. The van der Waals surface area contributed by atoms with E-state index in [1.54, 1.807) is 25.3 Å².